The molecule has 0 bridgehead atoms. The first kappa shape index (κ1) is 15.2. The number of amides is 1. The van der Waals surface area contributed by atoms with Crippen molar-refractivity contribution in [2.45, 2.75) is 6.92 Å². The molecule has 6 heteroatoms. The first-order chi connectivity index (χ1) is 11.7. The molecule has 24 heavy (non-hydrogen) atoms. The monoisotopic (exact) mass is 339 g/mol. The van der Waals surface area contributed by atoms with Gasteiger partial charge in [0.1, 0.15) is 0 Å². The maximum atomic E-state index is 12.6. The van der Waals surface area contributed by atoms with Crippen molar-refractivity contribution in [1.82, 2.24) is 14.9 Å². The van der Waals surface area contributed by atoms with Crippen LogP contribution in [0.5, 0.6) is 0 Å². The summed E-state index contributed by atoms with van der Waals surface area (Å²) in [5.74, 6) is 0.0348. The molecule has 1 saturated heterocycles. The standard InChI is InChI=1S/C18H17N3O2S/c1-12-20-16-10-13(2-3-17(16)24-12)15-11-14(4-5-19-15)18(22)21-6-8-23-9-7-21/h2-5,10-11H,6-9H2,1H3. The summed E-state index contributed by atoms with van der Waals surface area (Å²) < 4.78 is 6.47. The van der Waals surface area contributed by atoms with Crippen molar-refractivity contribution in [3.05, 3.63) is 47.1 Å². The fourth-order valence-corrected chi connectivity index (χ4v) is 3.68. The lowest BCUT2D eigenvalue weighted by atomic mass is 10.1. The molecule has 3 aromatic rings. The van der Waals surface area contributed by atoms with E-state index in [1.165, 1.54) is 0 Å². The predicted octanol–water partition coefficient (Wildman–Crippen LogP) is 3.14. The number of thiazole rings is 1. The summed E-state index contributed by atoms with van der Waals surface area (Å²) >= 11 is 1.68. The molecule has 5 nitrogen and oxygen atoms in total. The highest BCUT2D eigenvalue weighted by atomic mass is 32.1. The summed E-state index contributed by atoms with van der Waals surface area (Å²) in [6, 6.07) is 9.76. The van der Waals surface area contributed by atoms with E-state index in [0.717, 1.165) is 26.5 Å². The number of aromatic nitrogens is 2. The fourth-order valence-electron chi connectivity index (χ4n) is 2.87. The number of fused-ring (bicyclic) bond motifs is 1. The largest absolute Gasteiger partial charge is 0.378 e. The average molecular weight is 339 g/mol. The Kier molecular flexibility index (Phi) is 4.00. The SMILES string of the molecule is Cc1nc2cc(-c3cc(C(=O)N4CCOCC4)ccn3)ccc2s1. The molecule has 2 aromatic heterocycles. The first-order valence-corrected chi connectivity index (χ1v) is 8.73. The van der Waals surface area contributed by atoms with Crippen LogP contribution in [0.25, 0.3) is 21.5 Å². The number of morpholine rings is 1. The van der Waals surface area contributed by atoms with Crippen LogP contribution in [0.3, 0.4) is 0 Å². The number of hydrogen-bond donors (Lipinski definition) is 0. The van der Waals surface area contributed by atoms with Crippen LogP contribution in [0.1, 0.15) is 15.4 Å². The molecule has 1 fully saturated rings. The van der Waals surface area contributed by atoms with Gasteiger partial charge in [0.2, 0.25) is 0 Å². The highest BCUT2D eigenvalue weighted by molar-refractivity contribution is 7.18. The molecule has 122 valence electrons. The van der Waals surface area contributed by atoms with Crippen LogP contribution in [0.4, 0.5) is 0 Å². The number of ether oxygens (including phenoxy) is 1. The highest BCUT2D eigenvalue weighted by Crippen LogP contribution is 2.27. The Bertz CT molecular complexity index is 900. The van der Waals surface area contributed by atoms with Gasteiger partial charge in [0.25, 0.3) is 5.91 Å². The Hall–Kier alpha value is -2.31. The van der Waals surface area contributed by atoms with Crippen LogP contribution < -0.4 is 0 Å². The summed E-state index contributed by atoms with van der Waals surface area (Å²) in [6.07, 6.45) is 1.69. The van der Waals surface area contributed by atoms with E-state index < -0.39 is 0 Å². The van der Waals surface area contributed by atoms with Crippen LogP contribution >= 0.6 is 11.3 Å². The van der Waals surface area contributed by atoms with Crippen molar-refractivity contribution >= 4 is 27.5 Å². The zero-order valence-corrected chi connectivity index (χ0v) is 14.2. The van der Waals surface area contributed by atoms with Crippen LogP contribution in [0, 0.1) is 6.92 Å². The molecule has 0 spiro atoms. The molecule has 1 aliphatic rings. The van der Waals surface area contributed by atoms with E-state index in [-0.39, 0.29) is 5.91 Å². The van der Waals surface area contributed by atoms with Crippen LogP contribution in [-0.2, 0) is 4.74 Å². The van der Waals surface area contributed by atoms with Gasteiger partial charge in [0, 0.05) is 30.4 Å². The van der Waals surface area contributed by atoms with Crippen molar-refractivity contribution in [2.75, 3.05) is 26.3 Å². The molecule has 3 heterocycles. The van der Waals surface area contributed by atoms with Gasteiger partial charge in [-0.25, -0.2) is 4.98 Å². The average Bonchev–Trinajstić information content (AvgIpc) is 3.01. The molecular weight excluding hydrogens is 322 g/mol. The third-order valence-electron chi connectivity index (χ3n) is 4.10. The molecule has 1 aliphatic heterocycles. The molecule has 0 unspecified atom stereocenters. The van der Waals surface area contributed by atoms with Gasteiger partial charge in [0.15, 0.2) is 0 Å². The molecule has 1 aromatic carbocycles. The second-order valence-electron chi connectivity index (χ2n) is 5.75. The Morgan fingerprint density at radius 3 is 2.88 bits per heavy atom. The second-order valence-corrected chi connectivity index (χ2v) is 6.98. The summed E-state index contributed by atoms with van der Waals surface area (Å²) in [5.41, 5.74) is 3.41. The van der Waals surface area contributed by atoms with Crippen molar-refractivity contribution in [1.29, 1.82) is 0 Å². The molecule has 0 aliphatic carbocycles. The maximum Gasteiger partial charge on any atom is 0.254 e. The summed E-state index contributed by atoms with van der Waals surface area (Å²) in [5, 5.41) is 1.05. The summed E-state index contributed by atoms with van der Waals surface area (Å²) in [4.78, 5) is 23.4. The van der Waals surface area contributed by atoms with E-state index >= 15 is 0 Å². The Morgan fingerprint density at radius 2 is 2.04 bits per heavy atom. The first-order valence-electron chi connectivity index (χ1n) is 7.91. The van der Waals surface area contributed by atoms with E-state index in [1.54, 1.807) is 23.6 Å². The lowest BCUT2D eigenvalue weighted by Crippen LogP contribution is -2.40. The van der Waals surface area contributed by atoms with Gasteiger partial charge in [-0.2, -0.15) is 0 Å². The minimum atomic E-state index is 0.0348. The van der Waals surface area contributed by atoms with Crippen LogP contribution in [-0.4, -0.2) is 47.1 Å². The summed E-state index contributed by atoms with van der Waals surface area (Å²) in [7, 11) is 0. The third-order valence-corrected chi connectivity index (χ3v) is 5.05. The van der Waals surface area contributed by atoms with Gasteiger partial charge < -0.3 is 9.64 Å². The van der Waals surface area contributed by atoms with Gasteiger partial charge >= 0.3 is 0 Å². The maximum absolute atomic E-state index is 12.6. The lowest BCUT2D eigenvalue weighted by molar-refractivity contribution is 0.0303. The lowest BCUT2D eigenvalue weighted by Gasteiger charge is -2.26. The quantitative estimate of drug-likeness (QED) is 0.720. The van der Waals surface area contributed by atoms with Gasteiger partial charge in [-0.3, -0.25) is 9.78 Å². The van der Waals surface area contributed by atoms with Crippen molar-refractivity contribution in [2.24, 2.45) is 0 Å². The van der Waals surface area contributed by atoms with Gasteiger partial charge in [-0.1, -0.05) is 6.07 Å². The zero-order chi connectivity index (χ0) is 16.5. The van der Waals surface area contributed by atoms with Crippen molar-refractivity contribution < 1.29 is 9.53 Å². The fraction of sp³-hybridized carbons (Fsp3) is 0.278. The van der Waals surface area contributed by atoms with Crippen LogP contribution in [0.2, 0.25) is 0 Å². The van der Waals surface area contributed by atoms with E-state index in [2.05, 4.69) is 16.0 Å². The van der Waals surface area contributed by atoms with Crippen LogP contribution in [0.15, 0.2) is 36.5 Å². The third kappa shape index (κ3) is 2.90. The number of nitrogens with zero attached hydrogens (tertiary/aromatic N) is 3. The molecule has 0 N–H and O–H groups in total. The number of benzene rings is 1. The molecular formula is C18H17N3O2S. The highest BCUT2D eigenvalue weighted by Gasteiger charge is 2.19. The molecule has 0 saturated carbocycles. The van der Waals surface area contributed by atoms with E-state index in [4.69, 9.17) is 4.74 Å². The molecule has 0 radical (unpaired) electrons. The Morgan fingerprint density at radius 1 is 1.21 bits per heavy atom. The smallest absolute Gasteiger partial charge is 0.254 e. The van der Waals surface area contributed by atoms with E-state index in [1.807, 2.05) is 30.0 Å². The predicted molar refractivity (Wildman–Crippen MR) is 94.3 cm³/mol. The summed E-state index contributed by atoms with van der Waals surface area (Å²) in [6.45, 7) is 4.48. The van der Waals surface area contributed by atoms with Gasteiger partial charge in [0.05, 0.1) is 34.1 Å². The van der Waals surface area contributed by atoms with Gasteiger partial charge in [-0.05, 0) is 31.2 Å². The van der Waals surface area contributed by atoms with Crippen molar-refractivity contribution in [3.63, 3.8) is 0 Å². The second kappa shape index (κ2) is 6.30. The normalized spacial score (nSPS) is 15.0. The topological polar surface area (TPSA) is 55.3 Å². The van der Waals surface area contributed by atoms with E-state index in [9.17, 15) is 4.79 Å². The van der Waals surface area contributed by atoms with Gasteiger partial charge in [-0.15, -0.1) is 11.3 Å². The minimum absolute atomic E-state index is 0.0348. The Labute approximate surface area is 143 Å². The molecule has 1 amide bonds. The minimum Gasteiger partial charge on any atom is -0.378 e. The number of aryl methyl sites for hydroxylation is 1. The number of carbonyl (C=O) groups is 1. The number of rotatable bonds is 2. The molecule has 4 rings (SSSR count). The zero-order valence-electron chi connectivity index (χ0n) is 13.4. The van der Waals surface area contributed by atoms with E-state index in [0.29, 0.717) is 31.9 Å². The molecule has 0 atom stereocenters. The number of pyridine rings is 1. The number of carbonyl (C=O) groups excluding carboxylic acids is 1. The Balaban J connectivity index is 1.66. The number of hydrogen-bond acceptors (Lipinski definition) is 5. The van der Waals surface area contributed by atoms with Crippen molar-refractivity contribution in [3.8, 4) is 11.3 Å².